The predicted molar refractivity (Wildman–Crippen MR) is 72.2 cm³/mol. The number of nitrogens with one attached hydrogen (secondary N) is 2. The maximum atomic E-state index is 11.6. The standard InChI is InChI=1S/C12H13BrN2O4/c1-7(11(17)15-12(18)14-2)19-10-4-3-8(6-16)5-9(10)13/h3-7H,1-2H3,(H2,14,15,17,18). The van der Waals surface area contributed by atoms with E-state index in [1.54, 1.807) is 18.2 Å². The van der Waals surface area contributed by atoms with E-state index >= 15 is 0 Å². The number of amides is 3. The van der Waals surface area contributed by atoms with Crippen LogP contribution in [0.15, 0.2) is 22.7 Å². The minimum atomic E-state index is -0.851. The topological polar surface area (TPSA) is 84.5 Å². The molecule has 0 saturated heterocycles. The molecule has 6 nitrogen and oxygen atoms in total. The number of carbonyl (C=O) groups excluding carboxylic acids is 3. The van der Waals surface area contributed by atoms with Crippen LogP contribution in [0.1, 0.15) is 17.3 Å². The highest BCUT2D eigenvalue weighted by molar-refractivity contribution is 9.10. The number of carbonyl (C=O) groups is 3. The Morgan fingerprint density at radius 2 is 2.11 bits per heavy atom. The van der Waals surface area contributed by atoms with E-state index in [-0.39, 0.29) is 0 Å². The highest BCUT2D eigenvalue weighted by Crippen LogP contribution is 2.26. The van der Waals surface area contributed by atoms with E-state index in [2.05, 4.69) is 26.6 Å². The molecule has 0 spiro atoms. The summed E-state index contributed by atoms with van der Waals surface area (Å²) in [5, 5.41) is 4.37. The molecule has 19 heavy (non-hydrogen) atoms. The molecular formula is C12H13BrN2O4. The Balaban J connectivity index is 2.71. The van der Waals surface area contributed by atoms with Gasteiger partial charge < -0.3 is 10.1 Å². The number of benzene rings is 1. The molecule has 2 N–H and O–H groups in total. The first-order valence-corrected chi connectivity index (χ1v) is 6.21. The van der Waals surface area contributed by atoms with Gasteiger partial charge in [-0.2, -0.15) is 0 Å². The maximum Gasteiger partial charge on any atom is 0.321 e. The lowest BCUT2D eigenvalue weighted by molar-refractivity contribution is -0.126. The third-order valence-electron chi connectivity index (χ3n) is 2.23. The largest absolute Gasteiger partial charge is 0.480 e. The van der Waals surface area contributed by atoms with Crippen molar-refractivity contribution in [2.45, 2.75) is 13.0 Å². The van der Waals surface area contributed by atoms with Gasteiger partial charge in [0.05, 0.1) is 4.47 Å². The third kappa shape index (κ3) is 4.36. The quantitative estimate of drug-likeness (QED) is 0.820. The fourth-order valence-corrected chi connectivity index (χ4v) is 1.70. The first-order chi connectivity index (χ1) is 8.97. The Labute approximate surface area is 118 Å². The number of aldehydes is 1. The third-order valence-corrected chi connectivity index (χ3v) is 2.85. The molecule has 0 bridgehead atoms. The van der Waals surface area contributed by atoms with Gasteiger partial charge in [-0.1, -0.05) is 0 Å². The molecule has 0 saturated carbocycles. The summed E-state index contributed by atoms with van der Waals surface area (Å²) in [6.45, 7) is 1.51. The minimum Gasteiger partial charge on any atom is -0.480 e. The van der Waals surface area contributed by atoms with Crippen molar-refractivity contribution in [3.05, 3.63) is 28.2 Å². The Morgan fingerprint density at radius 1 is 1.42 bits per heavy atom. The summed E-state index contributed by atoms with van der Waals surface area (Å²) in [7, 11) is 1.41. The van der Waals surface area contributed by atoms with E-state index in [1.165, 1.54) is 14.0 Å². The molecule has 1 aromatic rings. The fraction of sp³-hybridized carbons (Fsp3) is 0.250. The monoisotopic (exact) mass is 328 g/mol. The number of hydrogen-bond acceptors (Lipinski definition) is 4. The highest BCUT2D eigenvalue weighted by atomic mass is 79.9. The number of ether oxygens (including phenoxy) is 1. The summed E-state index contributed by atoms with van der Waals surface area (Å²) < 4.78 is 5.95. The van der Waals surface area contributed by atoms with Crippen molar-refractivity contribution in [3.63, 3.8) is 0 Å². The lowest BCUT2D eigenvalue weighted by atomic mass is 10.2. The molecule has 0 fully saturated rings. The normalized spacial score (nSPS) is 11.3. The zero-order chi connectivity index (χ0) is 14.4. The first kappa shape index (κ1) is 15.2. The second-order valence-corrected chi connectivity index (χ2v) is 4.49. The molecule has 1 rings (SSSR count). The van der Waals surface area contributed by atoms with Crippen LogP contribution >= 0.6 is 15.9 Å². The predicted octanol–water partition coefficient (Wildman–Crippen LogP) is 1.48. The SMILES string of the molecule is CNC(=O)NC(=O)C(C)Oc1ccc(C=O)cc1Br. The minimum absolute atomic E-state index is 0.408. The molecule has 1 atom stereocenters. The molecule has 3 amide bonds. The van der Waals surface area contributed by atoms with E-state index in [1.807, 2.05) is 0 Å². The summed E-state index contributed by atoms with van der Waals surface area (Å²) in [6, 6.07) is 4.11. The van der Waals surface area contributed by atoms with Gasteiger partial charge in [-0.15, -0.1) is 0 Å². The van der Waals surface area contributed by atoms with Gasteiger partial charge in [0.25, 0.3) is 5.91 Å². The number of hydrogen-bond donors (Lipinski definition) is 2. The molecule has 1 unspecified atom stereocenters. The number of urea groups is 1. The lowest BCUT2D eigenvalue weighted by Crippen LogP contribution is -2.44. The van der Waals surface area contributed by atoms with Gasteiger partial charge in [0.1, 0.15) is 12.0 Å². The van der Waals surface area contributed by atoms with Crippen molar-refractivity contribution in [3.8, 4) is 5.75 Å². The van der Waals surface area contributed by atoms with Crippen LogP contribution < -0.4 is 15.4 Å². The van der Waals surface area contributed by atoms with Crippen LogP contribution in [0.25, 0.3) is 0 Å². The second kappa shape index (κ2) is 6.89. The van der Waals surface area contributed by atoms with Gasteiger partial charge >= 0.3 is 6.03 Å². The molecule has 0 aliphatic carbocycles. The summed E-state index contributed by atoms with van der Waals surface area (Å²) in [5.74, 6) is -0.157. The van der Waals surface area contributed by atoms with Crippen molar-refractivity contribution in [2.75, 3.05) is 7.05 Å². The Bertz CT molecular complexity index is 505. The van der Waals surface area contributed by atoms with E-state index in [0.717, 1.165) is 0 Å². The van der Waals surface area contributed by atoms with Gasteiger partial charge in [-0.3, -0.25) is 14.9 Å². The average Bonchev–Trinajstić information content (AvgIpc) is 2.40. The van der Waals surface area contributed by atoms with Crippen molar-refractivity contribution in [1.29, 1.82) is 0 Å². The number of imide groups is 1. The second-order valence-electron chi connectivity index (χ2n) is 3.64. The summed E-state index contributed by atoms with van der Waals surface area (Å²) in [5.41, 5.74) is 0.488. The van der Waals surface area contributed by atoms with Gasteiger partial charge in [-0.05, 0) is 41.1 Å². The van der Waals surface area contributed by atoms with E-state index in [9.17, 15) is 14.4 Å². The average molecular weight is 329 g/mol. The smallest absolute Gasteiger partial charge is 0.321 e. The number of halogens is 1. The molecule has 0 aromatic heterocycles. The molecule has 1 aromatic carbocycles. The van der Waals surface area contributed by atoms with Crippen LogP contribution in [0.3, 0.4) is 0 Å². The van der Waals surface area contributed by atoms with Crippen LogP contribution in [0.4, 0.5) is 4.79 Å². The fourth-order valence-electron chi connectivity index (χ4n) is 1.21. The van der Waals surface area contributed by atoms with Crippen LogP contribution in [0, 0.1) is 0 Å². The van der Waals surface area contributed by atoms with Crippen LogP contribution in [-0.4, -0.2) is 31.4 Å². The van der Waals surface area contributed by atoms with Crippen molar-refractivity contribution in [2.24, 2.45) is 0 Å². The first-order valence-electron chi connectivity index (χ1n) is 5.42. The molecule has 0 heterocycles. The maximum absolute atomic E-state index is 11.6. The van der Waals surface area contributed by atoms with Gasteiger partial charge in [0, 0.05) is 12.6 Å². The molecular weight excluding hydrogens is 316 g/mol. The van der Waals surface area contributed by atoms with Crippen LogP contribution in [0.5, 0.6) is 5.75 Å². The van der Waals surface area contributed by atoms with Crippen molar-refractivity contribution in [1.82, 2.24) is 10.6 Å². The Morgan fingerprint density at radius 3 is 2.63 bits per heavy atom. The summed E-state index contributed by atoms with van der Waals surface area (Å²) >= 11 is 3.24. The molecule has 0 radical (unpaired) electrons. The van der Waals surface area contributed by atoms with Gasteiger partial charge in [-0.25, -0.2) is 4.79 Å². The Hall–Kier alpha value is -1.89. The molecule has 102 valence electrons. The zero-order valence-electron chi connectivity index (χ0n) is 10.4. The lowest BCUT2D eigenvalue weighted by Gasteiger charge is -2.15. The van der Waals surface area contributed by atoms with E-state index in [4.69, 9.17) is 4.74 Å². The van der Waals surface area contributed by atoms with Crippen LogP contribution in [0.2, 0.25) is 0 Å². The summed E-state index contributed by atoms with van der Waals surface area (Å²) in [6.07, 6.45) is -0.147. The van der Waals surface area contributed by atoms with E-state index < -0.39 is 18.0 Å². The Kier molecular flexibility index (Phi) is 5.50. The van der Waals surface area contributed by atoms with Gasteiger partial charge in [0.2, 0.25) is 0 Å². The van der Waals surface area contributed by atoms with Gasteiger partial charge in [0.15, 0.2) is 6.10 Å². The summed E-state index contributed by atoms with van der Waals surface area (Å²) in [4.78, 5) is 33.2. The highest BCUT2D eigenvalue weighted by Gasteiger charge is 2.17. The van der Waals surface area contributed by atoms with Crippen molar-refractivity contribution >= 4 is 34.2 Å². The molecule has 0 aliphatic rings. The molecule has 0 aliphatic heterocycles. The van der Waals surface area contributed by atoms with E-state index in [0.29, 0.717) is 22.1 Å². The molecule has 7 heteroatoms. The zero-order valence-corrected chi connectivity index (χ0v) is 12.0. The number of rotatable bonds is 4. The van der Waals surface area contributed by atoms with Crippen molar-refractivity contribution < 1.29 is 19.1 Å². The van der Waals surface area contributed by atoms with Crippen LogP contribution in [-0.2, 0) is 4.79 Å².